The van der Waals surface area contributed by atoms with Crippen LogP contribution in [-0.4, -0.2) is 12.7 Å². The lowest BCUT2D eigenvalue weighted by atomic mass is 10.1. The van der Waals surface area contributed by atoms with E-state index in [1.165, 1.54) is 0 Å². The summed E-state index contributed by atoms with van der Waals surface area (Å²) >= 11 is 3.43. The van der Waals surface area contributed by atoms with Crippen LogP contribution in [0, 0.1) is 0 Å². The second-order valence-electron chi connectivity index (χ2n) is 3.11. The number of carbonyl (C=O) groups is 1. The third kappa shape index (κ3) is 3.55. The number of nitrogens with one attached hydrogen (secondary N) is 1. The number of halogens is 1. The van der Waals surface area contributed by atoms with E-state index in [0.717, 1.165) is 10.0 Å². The zero-order valence-corrected chi connectivity index (χ0v) is 10.4. The van der Waals surface area contributed by atoms with Crippen molar-refractivity contribution < 1.29 is 9.53 Å². The Bertz CT molecular complexity index is 341. The van der Waals surface area contributed by atoms with E-state index in [1.54, 1.807) is 6.92 Å². The summed E-state index contributed by atoms with van der Waals surface area (Å²) in [4.78, 5) is 11.2. The van der Waals surface area contributed by atoms with E-state index in [1.807, 2.05) is 31.2 Å². The van der Waals surface area contributed by atoms with Gasteiger partial charge in [0.25, 0.3) is 0 Å². The van der Waals surface area contributed by atoms with Gasteiger partial charge in [-0.2, -0.15) is 0 Å². The molecule has 0 aromatic heterocycles. The number of carbonyl (C=O) groups excluding carboxylic acids is 1. The van der Waals surface area contributed by atoms with Crippen molar-refractivity contribution in [1.82, 2.24) is 5.32 Å². The predicted octanol–water partition coefficient (Wildman–Crippen LogP) is 3.26. The lowest BCUT2D eigenvalue weighted by Gasteiger charge is -2.15. The van der Waals surface area contributed by atoms with Gasteiger partial charge < -0.3 is 10.1 Å². The van der Waals surface area contributed by atoms with Crippen molar-refractivity contribution in [2.75, 3.05) is 6.61 Å². The third-order valence-corrected chi connectivity index (χ3v) is 2.70. The summed E-state index contributed by atoms with van der Waals surface area (Å²) < 4.78 is 5.79. The molecule has 0 bridgehead atoms. The van der Waals surface area contributed by atoms with Gasteiger partial charge in [-0.15, -0.1) is 0 Å². The molecule has 0 saturated heterocycles. The molecule has 1 N–H and O–H groups in total. The fraction of sp³-hybridized carbons (Fsp3) is 0.364. The minimum Gasteiger partial charge on any atom is -0.450 e. The molecule has 82 valence electrons. The van der Waals surface area contributed by atoms with E-state index in [9.17, 15) is 4.79 Å². The molecule has 15 heavy (non-hydrogen) atoms. The third-order valence-electron chi connectivity index (χ3n) is 1.98. The van der Waals surface area contributed by atoms with Gasteiger partial charge in [0.05, 0.1) is 12.6 Å². The molecule has 3 nitrogen and oxygen atoms in total. The van der Waals surface area contributed by atoms with Gasteiger partial charge >= 0.3 is 6.09 Å². The van der Waals surface area contributed by atoms with Crippen LogP contribution >= 0.6 is 15.9 Å². The van der Waals surface area contributed by atoms with Crippen molar-refractivity contribution in [3.8, 4) is 0 Å². The number of hydrogen-bond donors (Lipinski definition) is 1. The summed E-state index contributed by atoms with van der Waals surface area (Å²) in [5.41, 5.74) is 1.03. The maximum Gasteiger partial charge on any atom is 0.407 e. The van der Waals surface area contributed by atoms with E-state index >= 15 is 0 Å². The first kappa shape index (κ1) is 12.0. The molecular weight excluding hydrogens is 258 g/mol. The molecule has 1 aromatic rings. The molecular formula is C11H14BrNO2. The Balaban J connectivity index is 2.65. The summed E-state index contributed by atoms with van der Waals surface area (Å²) in [7, 11) is 0. The summed E-state index contributed by atoms with van der Waals surface area (Å²) in [6.45, 7) is 4.08. The second-order valence-corrected chi connectivity index (χ2v) is 3.96. The maximum atomic E-state index is 11.2. The molecule has 1 rings (SSSR count). The SMILES string of the molecule is CCOC(=O)N[C@@H](C)c1ccccc1Br. The van der Waals surface area contributed by atoms with Crippen LogP contribution < -0.4 is 5.32 Å². The van der Waals surface area contributed by atoms with Gasteiger partial charge in [-0.1, -0.05) is 34.1 Å². The van der Waals surface area contributed by atoms with Crippen LogP contribution in [-0.2, 0) is 4.74 Å². The lowest BCUT2D eigenvalue weighted by Crippen LogP contribution is -2.27. The van der Waals surface area contributed by atoms with Gasteiger partial charge in [-0.05, 0) is 25.5 Å². The van der Waals surface area contributed by atoms with Crippen LogP contribution in [0.3, 0.4) is 0 Å². The smallest absolute Gasteiger partial charge is 0.407 e. The van der Waals surface area contributed by atoms with Gasteiger partial charge in [-0.3, -0.25) is 0 Å². The first-order chi connectivity index (χ1) is 7.15. The number of benzene rings is 1. The quantitative estimate of drug-likeness (QED) is 0.917. The number of hydrogen-bond acceptors (Lipinski definition) is 2. The predicted molar refractivity (Wildman–Crippen MR) is 62.7 cm³/mol. The Morgan fingerprint density at radius 2 is 2.20 bits per heavy atom. The second kappa shape index (κ2) is 5.75. The zero-order valence-electron chi connectivity index (χ0n) is 8.79. The standard InChI is InChI=1S/C11H14BrNO2/c1-3-15-11(14)13-8(2)9-6-4-5-7-10(9)12/h4-8H,3H2,1-2H3,(H,13,14)/t8-/m0/s1. The van der Waals surface area contributed by atoms with Crippen molar-refractivity contribution >= 4 is 22.0 Å². The van der Waals surface area contributed by atoms with E-state index in [0.29, 0.717) is 6.61 Å². The fourth-order valence-corrected chi connectivity index (χ4v) is 1.88. The van der Waals surface area contributed by atoms with Crippen LogP contribution in [0.15, 0.2) is 28.7 Å². The molecule has 0 aliphatic heterocycles. The van der Waals surface area contributed by atoms with Crippen molar-refractivity contribution in [2.24, 2.45) is 0 Å². The molecule has 0 aliphatic carbocycles. The minimum atomic E-state index is -0.388. The Hall–Kier alpha value is -1.03. The largest absolute Gasteiger partial charge is 0.450 e. The topological polar surface area (TPSA) is 38.3 Å². The maximum absolute atomic E-state index is 11.2. The van der Waals surface area contributed by atoms with Crippen molar-refractivity contribution in [2.45, 2.75) is 19.9 Å². The summed E-state index contributed by atoms with van der Waals surface area (Å²) in [6.07, 6.45) is -0.388. The molecule has 0 unspecified atom stereocenters. The van der Waals surface area contributed by atoms with Gasteiger partial charge in [0.2, 0.25) is 0 Å². The molecule has 1 amide bonds. The summed E-state index contributed by atoms with van der Waals surface area (Å²) in [5, 5.41) is 2.75. The van der Waals surface area contributed by atoms with Crippen LogP contribution in [0.2, 0.25) is 0 Å². The summed E-state index contributed by atoms with van der Waals surface area (Å²) in [5.74, 6) is 0. The van der Waals surface area contributed by atoms with Crippen molar-refractivity contribution in [3.63, 3.8) is 0 Å². The highest BCUT2D eigenvalue weighted by molar-refractivity contribution is 9.10. The highest BCUT2D eigenvalue weighted by atomic mass is 79.9. The number of amides is 1. The van der Waals surface area contributed by atoms with Gasteiger partial charge in [0, 0.05) is 4.47 Å². The van der Waals surface area contributed by atoms with E-state index in [-0.39, 0.29) is 12.1 Å². The molecule has 0 radical (unpaired) electrons. The Morgan fingerprint density at radius 3 is 2.80 bits per heavy atom. The van der Waals surface area contributed by atoms with Gasteiger partial charge in [0.1, 0.15) is 0 Å². The number of rotatable bonds is 3. The summed E-state index contributed by atoms with van der Waals surface area (Å²) in [6, 6.07) is 7.70. The number of ether oxygens (including phenoxy) is 1. The molecule has 0 spiro atoms. The average molecular weight is 272 g/mol. The first-order valence-electron chi connectivity index (χ1n) is 4.83. The van der Waals surface area contributed by atoms with Crippen LogP contribution in [0.1, 0.15) is 25.5 Å². The number of alkyl carbamates (subject to hydrolysis) is 1. The normalized spacial score (nSPS) is 11.9. The van der Waals surface area contributed by atoms with Gasteiger partial charge in [0.15, 0.2) is 0 Å². The average Bonchev–Trinajstić information content (AvgIpc) is 2.18. The molecule has 0 fully saturated rings. The minimum absolute atomic E-state index is 0.0698. The molecule has 4 heteroatoms. The van der Waals surface area contributed by atoms with Crippen molar-refractivity contribution in [1.29, 1.82) is 0 Å². The first-order valence-corrected chi connectivity index (χ1v) is 5.62. The highest BCUT2D eigenvalue weighted by Crippen LogP contribution is 2.22. The highest BCUT2D eigenvalue weighted by Gasteiger charge is 2.11. The van der Waals surface area contributed by atoms with Gasteiger partial charge in [-0.25, -0.2) is 4.79 Å². The molecule has 1 atom stereocenters. The van der Waals surface area contributed by atoms with Crippen molar-refractivity contribution in [3.05, 3.63) is 34.3 Å². The Morgan fingerprint density at radius 1 is 1.53 bits per heavy atom. The van der Waals surface area contributed by atoms with Crippen LogP contribution in [0.5, 0.6) is 0 Å². The van der Waals surface area contributed by atoms with Crippen LogP contribution in [0.25, 0.3) is 0 Å². The molecule has 0 saturated carbocycles. The van der Waals surface area contributed by atoms with E-state index in [4.69, 9.17) is 4.74 Å². The molecule has 0 heterocycles. The zero-order chi connectivity index (χ0) is 11.3. The fourth-order valence-electron chi connectivity index (χ4n) is 1.25. The molecule has 1 aromatic carbocycles. The van der Waals surface area contributed by atoms with E-state index < -0.39 is 0 Å². The molecule has 0 aliphatic rings. The Kier molecular flexibility index (Phi) is 4.62. The van der Waals surface area contributed by atoms with E-state index in [2.05, 4.69) is 21.2 Å². The Labute approximate surface area is 97.9 Å². The monoisotopic (exact) mass is 271 g/mol. The van der Waals surface area contributed by atoms with Crippen LogP contribution in [0.4, 0.5) is 4.79 Å². The lowest BCUT2D eigenvalue weighted by molar-refractivity contribution is 0.149.